The highest BCUT2D eigenvalue weighted by Gasteiger charge is 2.20. The second-order valence-electron chi connectivity index (χ2n) is 3.09. The van der Waals surface area contributed by atoms with Gasteiger partial charge in [-0.1, -0.05) is 0 Å². The molecule has 0 aromatic carbocycles. The maximum Gasteiger partial charge on any atom is 0.310 e. The summed E-state index contributed by atoms with van der Waals surface area (Å²) in [6, 6.07) is 0.850. The van der Waals surface area contributed by atoms with Gasteiger partial charge in [0.1, 0.15) is 0 Å². The van der Waals surface area contributed by atoms with Crippen LogP contribution in [0.25, 0.3) is 0 Å². The molecule has 0 saturated heterocycles. The van der Waals surface area contributed by atoms with Crippen LogP contribution in [0.2, 0.25) is 0 Å². The van der Waals surface area contributed by atoms with Crippen molar-refractivity contribution in [2.75, 3.05) is 14.2 Å². The number of carbonyl (C=O) groups excluding carboxylic acids is 1. The molecule has 0 aliphatic rings. The summed E-state index contributed by atoms with van der Waals surface area (Å²) in [5.41, 5.74) is -0.819. The van der Waals surface area contributed by atoms with Crippen LogP contribution in [0.1, 0.15) is 17.6 Å². The lowest BCUT2D eigenvalue weighted by Crippen LogP contribution is -2.09. The smallest absolute Gasteiger partial charge is 0.310 e. The second-order valence-corrected chi connectivity index (χ2v) is 3.09. The molecule has 1 heterocycles. The molecule has 0 atom stereocenters. The first kappa shape index (κ1) is 13.3. The van der Waals surface area contributed by atoms with Gasteiger partial charge in [0.15, 0.2) is 0 Å². The minimum atomic E-state index is -2.87. The van der Waals surface area contributed by atoms with E-state index in [1.54, 1.807) is 0 Å². The summed E-state index contributed by atoms with van der Waals surface area (Å²) in [5.74, 6) is -2.26. The summed E-state index contributed by atoms with van der Waals surface area (Å²) >= 11 is 0. The number of ether oxygens (including phenoxy) is 2. The van der Waals surface area contributed by atoms with E-state index in [0.29, 0.717) is 0 Å². The first-order chi connectivity index (χ1) is 7.99. The minimum Gasteiger partial charge on any atom is -0.481 e. The molecule has 1 aromatic rings. The maximum absolute atomic E-state index is 13.3. The number of rotatable bonds is 4. The van der Waals surface area contributed by atoms with Gasteiger partial charge in [0.25, 0.3) is 6.43 Å². The predicted molar refractivity (Wildman–Crippen MR) is 51.4 cm³/mol. The molecule has 0 spiro atoms. The van der Waals surface area contributed by atoms with Gasteiger partial charge in [-0.2, -0.15) is 9.37 Å². The van der Waals surface area contributed by atoms with Gasteiger partial charge in [-0.25, -0.2) is 8.78 Å². The molecule has 1 aromatic heterocycles. The topological polar surface area (TPSA) is 48.4 Å². The van der Waals surface area contributed by atoms with E-state index in [1.165, 1.54) is 0 Å². The highest BCUT2D eigenvalue weighted by atomic mass is 19.3. The van der Waals surface area contributed by atoms with Crippen LogP contribution in [-0.4, -0.2) is 25.2 Å². The Balaban J connectivity index is 3.15. The number of hydrogen-bond donors (Lipinski definition) is 0. The van der Waals surface area contributed by atoms with E-state index in [0.717, 1.165) is 20.3 Å². The van der Waals surface area contributed by atoms with Gasteiger partial charge in [0.05, 0.1) is 26.2 Å². The fourth-order valence-corrected chi connectivity index (χ4v) is 1.21. The monoisotopic (exact) mass is 249 g/mol. The van der Waals surface area contributed by atoms with Gasteiger partial charge < -0.3 is 9.47 Å². The molecular weight excluding hydrogens is 239 g/mol. The Hall–Kier alpha value is -1.79. The zero-order valence-electron chi connectivity index (χ0n) is 9.17. The molecule has 0 fully saturated rings. The average Bonchev–Trinajstić information content (AvgIpc) is 2.30. The third-order valence-electron chi connectivity index (χ3n) is 2.03. The van der Waals surface area contributed by atoms with Crippen LogP contribution < -0.4 is 4.74 Å². The normalized spacial score (nSPS) is 10.5. The lowest BCUT2D eigenvalue weighted by molar-refractivity contribution is -0.139. The van der Waals surface area contributed by atoms with Crippen molar-refractivity contribution in [3.8, 4) is 5.88 Å². The van der Waals surface area contributed by atoms with E-state index in [9.17, 15) is 18.0 Å². The van der Waals surface area contributed by atoms with Crippen LogP contribution in [0.5, 0.6) is 5.88 Å². The molecule has 17 heavy (non-hydrogen) atoms. The number of alkyl halides is 2. The van der Waals surface area contributed by atoms with Gasteiger partial charge in [-0.15, -0.1) is 0 Å². The molecule has 0 bridgehead atoms. The molecular formula is C10H10F3NO3. The van der Waals surface area contributed by atoms with Gasteiger partial charge in [-0.3, -0.25) is 4.79 Å². The lowest BCUT2D eigenvalue weighted by atomic mass is 10.1. The average molecular weight is 249 g/mol. The predicted octanol–water partition coefficient (Wildman–Crippen LogP) is 1.88. The molecule has 0 amide bonds. The summed E-state index contributed by atoms with van der Waals surface area (Å²) < 4.78 is 47.3. The Morgan fingerprint density at radius 1 is 1.47 bits per heavy atom. The molecule has 0 N–H and O–H groups in total. The summed E-state index contributed by atoms with van der Waals surface area (Å²) in [7, 11) is 2.22. The van der Waals surface area contributed by atoms with Crippen molar-refractivity contribution in [3.63, 3.8) is 0 Å². The standard InChI is InChI=1S/C10H10F3NO3/c1-16-7(15)4-5-3-6(8(11)12)10(17-2)14-9(5)13/h3,8H,4H2,1-2H3. The zero-order valence-corrected chi connectivity index (χ0v) is 9.17. The number of aromatic nitrogens is 1. The minimum absolute atomic E-state index is 0.257. The van der Waals surface area contributed by atoms with Crippen LogP contribution >= 0.6 is 0 Å². The number of nitrogens with zero attached hydrogens (tertiary/aromatic N) is 1. The van der Waals surface area contributed by atoms with E-state index >= 15 is 0 Å². The first-order valence-corrected chi connectivity index (χ1v) is 4.57. The molecule has 1 rings (SSSR count). The van der Waals surface area contributed by atoms with Crippen molar-refractivity contribution >= 4 is 5.97 Å². The van der Waals surface area contributed by atoms with Crippen molar-refractivity contribution in [2.45, 2.75) is 12.8 Å². The van der Waals surface area contributed by atoms with Crippen molar-refractivity contribution in [2.24, 2.45) is 0 Å². The van der Waals surface area contributed by atoms with Crippen molar-refractivity contribution < 1.29 is 27.4 Å². The fraction of sp³-hybridized carbons (Fsp3) is 0.400. The Labute approximate surface area is 95.4 Å². The molecule has 0 unspecified atom stereocenters. The summed E-state index contributed by atoms with van der Waals surface area (Å²) in [5, 5.41) is 0. The summed E-state index contributed by atoms with van der Waals surface area (Å²) in [6.45, 7) is 0. The molecule has 0 radical (unpaired) electrons. The molecule has 0 aliphatic carbocycles. The summed E-state index contributed by atoms with van der Waals surface area (Å²) in [4.78, 5) is 14.2. The number of methoxy groups -OCH3 is 2. The molecule has 94 valence electrons. The number of hydrogen-bond acceptors (Lipinski definition) is 4. The Bertz CT molecular complexity index is 424. The Morgan fingerprint density at radius 3 is 2.59 bits per heavy atom. The quantitative estimate of drug-likeness (QED) is 0.604. The number of carbonyl (C=O) groups is 1. The zero-order chi connectivity index (χ0) is 13.0. The molecule has 7 heteroatoms. The fourth-order valence-electron chi connectivity index (χ4n) is 1.21. The van der Waals surface area contributed by atoms with Crippen molar-refractivity contribution in [1.82, 2.24) is 4.98 Å². The molecule has 0 saturated carbocycles. The van der Waals surface area contributed by atoms with E-state index in [-0.39, 0.29) is 5.56 Å². The third-order valence-corrected chi connectivity index (χ3v) is 2.03. The van der Waals surface area contributed by atoms with E-state index in [1.807, 2.05) is 0 Å². The van der Waals surface area contributed by atoms with Crippen LogP contribution in [0.3, 0.4) is 0 Å². The highest BCUT2D eigenvalue weighted by molar-refractivity contribution is 5.72. The number of pyridine rings is 1. The lowest BCUT2D eigenvalue weighted by Gasteiger charge is -2.09. The van der Waals surface area contributed by atoms with Crippen molar-refractivity contribution in [1.29, 1.82) is 0 Å². The van der Waals surface area contributed by atoms with E-state index < -0.39 is 36.2 Å². The largest absolute Gasteiger partial charge is 0.481 e. The van der Waals surface area contributed by atoms with Crippen molar-refractivity contribution in [3.05, 3.63) is 23.1 Å². The van der Waals surface area contributed by atoms with E-state index in [4.69, 9.17) is 0 Å². The molecule has 0 aliphatic heterocycles. The van der Waals surface area contributed by atoms with E-state index in [2.05, 4.69) is 14.5 Å². The van der Waals surface area contributed by atoms with Crippen LogP contribution in [-0.2, 0) is 16.0 Å². The van der Waals surface area contributed by atoms with Gasteiger partial charge in [0, 0.05) is 5.56 Å². The van der Waals surface area contributed by atoms with Gasteiger partial charge >= 0.3 is 5.97 Å². The summed E-state index contributed by atoms with van der Waals surface area (Å²) in [6.07, 6.45) is -3.33. The number of halogens is 3. The number of esters is 1. The second kappa shape index (κ2) is 5.51. The maximum atomic E-state index is 13.3. The van der Waals surface area contributed by atoms with Gasteiger partial charge in [-0.05, 0) is 6.07 Å². The third kappa shape index (κ3) is 3.08. The Morgan fingerprint density at radius 2 is 2.12 bits per heavy atom. The SMILES string of the molecule is COC(=O)Cc1cc(C(F)F)c(OC)nc1F. The first-order valence-electron chi connectivity index (χ1n) is 4.57. The van der Waals surface area contributed by atoms with Crippen LogP contribution in [0.4, 0.5) is 13.2 Å². The Kier molecular flexibility index (Phi) is 4.30. The molecule has 4 nitrogen and oxygen atoms in total. The van der Waals surface area contributed by atoms with Gasteiger partial charge in [0.2, 0.25) is 11.8 Å². The highest BCUT2D eigenvalue weighted by Crippen LogP contribution is 2.29. The van der Waals surface area contributed by atoms with Crippen LogP contribution in [0, 0.1) is 5.95 Å². The van der Waals surface area contributed by atoms with Crippen LogP contribution in [0.15, 0.2) is 6.07 Å².